The van der Waals surface area contributed by atoms with Crippen LogP contribution in [0.2, 0.25) is 0 Å². The van der Waals surface area contributed by atoms with Crippen molar-refractivity contribution < 1.29 is 27.1 Å². The van der Waals surface area contributed by atoms with Gasteiger partial charge in [-0.1, -0.05) is 0 Å². The summed E-state index contributed by atoms with van der Waals surface area (Å²) in [5.41, 5.74) is 5.05. The Labute approximate surface area is 102 Å². The number of likely N-dealkylation sites (N-methyl/N-ethyl adjacent to an activating group) is 1. The van der Waals surface area contributed by atoms with Crippen molar-refractivity contribution in [1.29, 1.82) is 0 Å². The van der Waals surface area contributed by atoms with E-state index in [2.05, 4.69) is 0 Å². The molecule has 1 rings (SSSR count). The molecule has 0 aromatic carbocycles. The van der Waals surface area contributed by atoms with Crippen LogP contribution in [-0.4, -0.2) is 54.4 Å². The molecule has 0 bridgehead atoms. The molecule has 3 nitrogen and oxygen atoms in total. The monoisotopic (exact) mass is 276 g/mol. The summed E-state index contributed by atoms with van der Waals surface area (Å²) in [5.74, 6) is -4.89. The lowest BCUT2D eigenvalue weighted by Gasteiger charge is -2.39. The lowest BCUT2D eigenvalue weighted by atomic mass is 9.82. The standard InChI is InChI=1S/C10H17F5N2O/c1-17(5-6-2-7(18)3-6)8(4-16)9(11,12)10(13,14)15/h6-8,18H,2-5,16H2,1H3. The summed E-state index contributed by atoms with van der Waals surface area (Å²) >= 11 is 0. The number of rotatable bonds is 5. The molecule has 0 aromatic rings. The van der Waals surface area contributed by atoms with E-state index in [0.29, 0.717) is 12.8 Å². The number of nitrogens with two attached hydrogens (primary N) is 1. The van der Waals surface area contributed by atoms with Crippen LogP contribution in [0.25, 0.3) is 0 Å². The fourth-order valence-electron chi connectivity index (χ4n) is 2.18. The van der Waals surface area contributed by atoms with E-state index < -0.39 is 30.8 Å². The number of hydrogen-bond donors (Lipinski definition) is 2. The van der Waals surface area contributed by atoms with E-state index in [1.165, 1.54) is 7.05 Å². The van der Waals surface area contributed by atoms with Gasteiger partial charge in [-0.05, 0) is 25.8 Å². The highest BCUT2D eigenvalue weighted by Gasteiger charge is 2.63. The molecule has 0 spiro atoms. The van der Waals surface area contributed by atoms with Crippen molar-refractivity contribution in [2.24, 2.45) is 11.7 Å². The largest absolute Gasteiger partial charge is 0.455 e. The maximum absolute atomic E-state index is 13.2. The van der Waals surface area contributed by atoms with Crippen molar-refractivity contribution >= 4 is 0 Å². The Bertz CT molecular complexity index is 278. The lowest BCUT2D eigenvalue weighted by molar-refractivity contribution is -0.301. The Hall–Kier alpha value is -0.470. The SMILES string of the molecule is CN(CC1CC(O)C1)C(CN)C(F)(F)C(F)(F)F. The number of nitrogens with zero attached hydrogens (tertiary/aromatic N) is 1. The van der Waals surface area contributed by atoms with E-state index in [9.17, 15) is 22.0 Å². The number of aliphatic hydroxyl groups excluding tert-OH is 1. The Morgan fingerprint density at radius 3 is 2.11 bits per heavy atom. The first-order chi connectivity index (χ1) is 8.09. The normalized spacial score (nSPS) is 27.2. The third-order valence-electron chi connectivity index (χ3n) is 3.31. The van der Waals surface area contributed by atoms with Gasteiger partial charge in [-0.15, -0.1) is 0 Å². The molecule has 0 aromatic heterocycles. The van der Waals surface area contributed by atoms with Crippen molar-refractivity contribution in [2.45, 2.75) is 37.1 Å². The summed E-state index contributed by atoms with van der Waals surface area (Å²) in [7, 11) is 1.20. The summed E-state index contributed by atoms with van der Waals surface area (Å²) < 4.78 is 63.2. The predicted molar refractivity (Wildman–Crippen MR) is 55.2 cm³/mol. The van der Waals surface area contributed by atoms with Crippen LogP contribution < -0.4 is 5.73 Å². The minimum absolute atomic E-state index is 0.0527. The molecular formula is C10H17F5N2O. The maximum atomic E-state index is 13.2. The van der Waals surface area contributed by atoms with E-state index >= 15 is 0 Å². The van der Waals surface area contributed by atoms with Gasteiger partial charge in [0, 0.05) is 13.1 Å². The van der Waals surface area contributed by atoms with Crippen molar-refractivity contribution in [3.63, 3.8) is 0 Å². The van der Waals surface area contributed by atoms with Gasteiger partial charge >= 0.3 is 12.1 Å². The average molecular weight is 276 g/mol. The highest BCUT2D eigenvalue weighted by Crippen LogP contribution is 2.40. The molecule has 108 valence electrons. The van der Waals surface area contributed by atoms with Crippen LogP contribution in [0.15, 0.2) is 0 Å². The van der Waals surface area contributed by atoms with Crippen LogP contribution >= 0.6 is 0 Å². The van der Waals surface area contributed by atoms with Gasteiger partial charge in [0.05, 0.1) is 12.1 Å². The number of alkyl halides is 5. The molecule has 1 aliphatic carbocycles. The lowest BCUT2D eigenvalue weighted by Crippen LogP contribution is -2.58. The van der Waals surface area contributed by atoms with Gasteiger partial charge in [-0.25, -0.2) is 0 Å². The van der Waals surface area contributed by atoms with Crippen LogP contribution in [0.1, 0.15) is 12.8 Å². The Kier molecular flexibility index (Phi) is 4.56. The average Bonchev–Trinajstić information content (AvgIpc) is 2.14. The van der Waals surface area contributed by atoms with E-state index in [1.54, 1.807) is 0 Å². The summed E-state index contributed by atoms with van der Waals surface area (Å²) in [6.45, 7) is -0.705. The molecule has 1 unspecified atom stereocenters. The predicted octanol–water partition coefficient (Wildman–Crippen LogP) is 1.21. The fraction of sp³-hybridized carbons (Fsp3) is 1.00. The number of halogens is 5. The van der Waals surface area contributed by atoms with Crippen LogP contribution in [0, 0.1) is 5.92 Å². The molecule has 1 aliphatic rings. The second-order valence-electron chi connectivity index (χ2n) is 4.80. The zero-order valence-corrected chi connectivity index (χ0v) is 9.92. The fourth-order valence-corrected chi connectivity index (χ4v) is 2.18. The third kappa shape index (κ3) is 3.10. The van der Waals surface area contributed by atoms with Crippen molar-refractivity contribution in [3.05, 3.63) is 0 Å². The van der Waals surface area contributed by atoms with E-state index in [1.807, 2.05) is 0 Å². The van der Waals surface area contributed by atoms with E-state index in [-0.39, 0.29) is 12.5 Å². The maximum Gasteiger partial charge on any atom is 0.455 e. The Balaban J connectivity index is 2.64. The first-order valence-corrected chi connectivity index (χ1v) is 5.62. The quantitative estimate of drug-likeness (QED) is 0.742. The molecule has 0 saturated heterocycles. The zero-order valence-electron chi connectivity index (χ0n) is 9.92. The van der Waals surface area contributed by atoms with Gasteiger partial charge in [0.15, 0.2) is 0 Å². The minimum atomic E-state index is -5.61. The second-order valence-corrected chi connectivity index (χ2v) is 4.80. The third-order valence-corrected chi connectivity index (χ3v) is 3.31. The topological polar surface area (TPSA) is 49.5 Å². The van der Waals surface area contributed by atoms with Gasteiger partial charge in [-0.2, -0.15) is 22.0 Å². The van der Waals surface area contributed by atoms with E-state index in [4.69, 9.17) is 10.8 Å². The van der Waals surface area contributed by atoms with Gasteiger partial charge in [-0.3, -0.25) is 4.90 Å². The summed E-state index contributed by atoms with van der Waals surface area (Å²) in [6.07, 6.45) is -5.22. The minimum Gasteiger partial charge on any atom is -0.393 e. The molecular weight excluding hydrogens is 259 g/mol. The van der Waals surface area contributed by atoms with Gasteiger partial charge in [0.1, 0.15) is 0 Å². The van der Waals surface area contributed by atoms with Crippen LogP contribution in [-0.2, 0) is 0 Å². The Morgan fingerprint density at radius 1 is 1.28 bits per heavy atom. The Morgan fingerprint density at radius 2 is 1.78 bits per heavy atom. The second kappa shape index (κ2) is 5.26. The molecule has 0 aliphatic heterocycles. The molecule has 1 atom stereocenters. The smallest absolute Gasteiger partial charge is 0.393 e. The molecule has 1 saturated carbocycles. The highest BCUT2D eigenvalue weighted by molar-refractivity contribution is 4.92. The number of hydrogen-bond acceptors (Lipinski definition) is 3. The molecule has 3 N–H and O–H groups in total. The van der Waals surface area contributed by atoms with Crippen molar-refractivity contribution in [2.75, 3.05) is 20.1 Å². The summed E-state index contributed by atoms with van der Waals surface area (Å²) in [6, 6.07) is -2.07. The first kappa shape index (κ1) is 15.6. The van der Waals surface area contributed by atoms with Crippen LogP contribution in [0.3, 0.4) is 0 Å². The molecule has 8 heteroatoms. The van der Waals surface area contributed by atoms with E-state index in [0.717, 1.165) is 4.90 Å². The van der Waals surface area contributed by atoms with Gasteiger partial charge in [0.2, 0.25) is 0 Å². The molecule has 1 fully saturated rings. The molecule has 0 amide bonds. The van der Waals surface area contributed by atoms with Crippen molar-refractivity contribution in [3.8, 4) is 0 Å². The highest BCUT2D eigenvalue weighted by atomic mass is 19.4. The van der Waals surface area contributed by atoms with Crippen molar-refractivity contribution in [1.82, 2.24) is 4.90 Å². The first-order valence-electron chi connectivity index (χ1n) is 5.62. The molecule has 0 radical (unpaired) electrons. The van der Waals surface area contributed by atoms with Gasteiger partial charge in [0.25, 0.3) is 0 Å². The zero-order chi connectivity index (χ0) is 14.1. The van der Waals surface area contributed by atoms with Crippen LogP contribution in [0.5, 0.6) is 0 Å². The summed E-state index contributed by atoms with van der Waals surface area (Å²) in [5, 5.41) is 9.04. The summed E-state index contributed by atoms with van der Waals surface area (Å²) in [4.78, 5) is 0.935. The number of aliphatic hydroxyl groups is 1. The van der Waals surface area contributed by atoms with Crippen LogP contribution in [0.4, 0.5) is 22.0 Å². The molecule has 18 heavy (non-hydrogen) atoms. The van der Waals surface area contributed by atoms with Gasteiger partial charge < -0.3 is 10.8 Å². The molecule has 0 heterocycles.